The van der Waals surface area contributed by atoms with Crippen molar-refractivity contribution in [2.75, 3.05) is 6.16 Å². The third-order valence-corrected chi connectivity index (χ3v) is 7.13. The highest BCUT2D eigenvalue weighted by molar-refractivity contribution is 7.52. The van der Waals surface area contributed by atoms with Crippen LogP contribution in [-0.2, 0) is 9.09 Å². The molecule has 0 heterocycles. The van der Waals surface area contributed by atoms with Crippen LogP contribution >= 0.6 is 7.60 Å². The summed E-state index contributed by atoms with van der Waals surface area (Å²) < 4.78 is 18.4. The van der Waals surface area contributed by atoms with Gasteiger partial charge in [-0.15, -0.1) is 0 Å². The minimum Gasteiger partial charge on any atom is -0.324 e. The van der Waals surface area contributed by atoms with E-state index in [1.807, 2.05) is 0 Å². The largest absolute Gasteiger partial charge is 0.328 e. The van der Waals surface area contributed by atoms with Crippen LogP contribution in [0.25, 0.3) is 0 Å². The molecule has 0 radical (unpaired) electrons. The highest BCUT2D eigenvalue weighted by Gasteiger charge is 2.24. The van der Waals surface area contributed by atoms with Gasteiger partial charge in [0, 0.05) is 6.16 Å². The summed E-state index contributed by atoms with van der Waals surface area (Å²) in [4.78, 5) is 10.3. The zero-order valence-electron chi connectivity index (χ0n) is 19.4. The lowest BCUT2D eigenvalue weighted by Crippen LogP contribution is -2.13. The van der Waals surface area contributed by atoms with Gasteiger partial charge in [0.2, 0.25) is 0 Å². The maximum absolute atomic E-state index is 12.6. The second kappa shape index (κ2) is 20.4. The third kappa shape index (κ3) is 19.5. The molecule has 0 amide bonds. The van der Waals surface area contributed by atoms with Crippen LogP contribution in [-0.4, -0.2) is 17.2 Å². The molecular formula is C24H51O3P. The van der Waals surface area contributed by atoms with E-state index in [1.165, 1.54) is 83.5 Å². The smallest absolute Gasteiger partial charge is 0.324 e. The first-order chi connectivity index (χ1) is 13.6. The van der Waals surface area contributed by atoms with Crippen LogP contribution in [0.4, 0.5) is 0 Å². The standard InChI is InChI=1S/C24H51O3P/c1-4-7-10-13-16-19-22-24(21-18-15-12-9-6-3)27-28(25,26)23-20-17-14-11-8-5-2/h24H,4-23H2,1-3H3,(H,25,26). The molecule has 0 bridgehead atoms. The molecule has 1 N–H and O–H groups in total. The second-order valence-corrected chi connectivity index (χ2v) is 10.5. The van der Waals surface area contributed by atoms with Crippen LogP contribution in [0.3, 0.4) is 0 Å². The van der Waals surface area contributed by atoms with Crippen molar-refractivity contribution in [2.24, 2.45) is 0 Å². The minimum absolute atomic E-state index is 0.0243. The fourth-order valence-corrected chi connectivity index (χ4v) is 5.16. The van der Waals surface area contributed by atoms with E-state index in [0.717, 1.165) is 38.5 Å². The van der Waals surface area contributed by atoms with Gasteiger partial charge in [-0.25, -0.2) is 0 Å². The first-order valence-electron chi connectivity index (χ1n) is 12.6. The molecule has 0 aliphatic heterocycles. The van der Waals surface area contributed by atoms with E-state index in [0.29, 0.717) is 6.16 Å². The Morgan fingerprint density at radius 1 is 0.607 bits per heavy atom. The third-order valence-electron chi connectivity index (χ3n) is 5.62. The predicted molar refractivity (Wildman–Crippen MR) is 124 cm³/mol. The van der Waals surface area contributed by atoms with E-state index in [4.69, 9.17) is 4.52 Å². The van der Waals surface area contributed by atoms with Crippen LogP contribution in [0.2, 0.25) is 0 Å². The van der Waals surface area contributed by atoms with Gasteiger partial charge >= 0.3 is 7.60 Å². The zero-order valence-corrected chi connectivity index (χ0v) is 20.3. The summed E-state index contributed by atoms with van der Waals surface area (Å²) >= 11 is 0. The molecule has 0 aliphatic carbocycles. The summed E-state index contributed by atoms with van der Waals surface area (Å²) in [5.74, 6) is 0. The molecule has 0 aromatic rings. The summed E-state index contributed by atoms with van der Waals surface area (Å²) in [6, 6.07) is 0. The van der Waals surface area contributed by atoms with Crippen molar-refractivity contribution in [1.29, 1.82) is 0 Å². The lowest BCUT2D eigenvalue weighted by atomic mass is 10.0. The van der Waals surface area contributed by atoms with Crippen molar-refractivity contribution < 1.29 is 14.0 Å². The average molecular weight is 419 g/mol. The molecule has 28 heavy (non-hydrogen) atoms. The van der Waals surface area contributed by atoms with Crippen molar-refractivity contribution in [3.63, 3.8) is 0 Å². The van der Waals surface area contributed by atoms with Gasteiger partial charge in [-0.1, -0.05) is 124 Å². The van der Waals surface area contributed by atoms with Gasteiger partial charge in [0.05, 0.1) is 6.10 Å². The molecule has 0 aliphatic rings. The lowest BCUT2D eigenvalue weighted by molar-refractivity contribution is 0.149. The Labute approximate surface area is 177 Å². The maximum Gasteiger partial charge on any atom is 0.328 e. The Morgan fingerprint density at radius 2 is 0.964 bits per heavy atom. The summed E-state index contributed by atoms with van der Waals surface area (Å²) in [7, 11) is -3.43. The molecule has 0 saturated heterocycles. The van der Waals surface area contributed by atoms with E-state index >= 15 is 0 Å². The summed E-state index contributed by atoms with van der Waals surface area (Å²) in [6.07, 6.45) is 22.7. The number of hydrogen-bond donors (Lipinski definition) is 1. The zero-order chi connectivity index (χ0) is 20.9. The van der Waals surface area contributed by atoms with Gasteiger partial charge in [0.15, 0.2) is 0 Å². The molecule has 4 heteroatoms. The summed E-state index contributed by atoms with van der Waals surface area (Å²) in [5.41, 5.74) is 0. The summed E-state index contributed by atoms with van der Waals surface area (Å²) in [6.45, 7) is 6.68. The van der Waals surface area contributed by atoms with Crippen molar-refractivity contribution in [3.8, 4) is 0 Å². The van der Waals surface area contributed by atoms with Gasteiger partial charge in [-0.2, -0.15) is 0 Å². The number of rotatable bonds is 22. The second-order valence-electron chi connectivity index (χ2n) is 8.62. The molecule has 3 nitrogen and oxygen atoms in total. The minimum atomic E-state index is -3.43. The highest BCUT2D eigenvalue weighted by atomic mass is 31.2. The monoisotopic (exact) mass is 418 g/mol. The van der Waals surface area contributed by atoms with Gasteiger partial charge < -0.3 is 9.42 Å². The fraction of sp³-hybridized carbons (Fsp3) is 1.00. The fourth-order valence-electron chi connectivity index (χ4n) is 3.76. The van der Waals surface area contributed by atoms with Gasteiger partial charge in [0.1, 0.15) is 0 Å². The van der Waals surface area contributed by atoms with E-state index in [2.05, 4.69) is 20.8 Å². The average Bonchev–Trinajstić information content (AvgIpc) is 2.66. The molecular weight excluding hydrogens is 367 g/mol. The van der Waals surface area contributed by atoms with Crippen LogP contribution < -0.4 is 0 Å². The molecule has 0 aromatic heterocycles. The van der Waals surface area contributed by atoms with Crippen LogP contribution in [0, 0.1) is 0 Å². The first-order valence-corrected chi connectivity index (χ1v) is 14.3. The van der Waals surface area contributed by atoms with E-state index < -0.39 is 7.60 Å². The number of unbranched alkanes of at least 4 members (excludes halogenated alkanes) is 14. The number of hydrogen-bond acceptors (Lipinski definition) is 2. The maximum atomic E-state index is 12.6. The molecule has 0 spiro atoms. The molecule has 170 valence electrons. The quantitative estimate of drug-likeness (QED) is 0.141. The summed E-state index contributed by atoms with van der Waals surface area (Å²) in [5, 5.41) is 0. The van der Waals surface area contributed by atoms with Crippen molar-refractivity contribution in [2.45, 2.75) is 149 Å². The Kier molecular flexibility index (Phi) is 20.5. The molecule has 0 saturated carbocycles. The predicted octanol–water partition coefficient (Wildman–Crippen LogP) is 9.03. The highest BCUT2D eigenvalue weighted by Crippen LogP contribution is 2.45. The molecule has 2 atom stereocenters. The first kappa shape index (κ1) is 28.1. The lowest BCUT2D eigenvalue weighted by Gasteiger charge is -2.21. The van der Waals surface area contributed by atoms with E-state index in [1.54, 1.807) is 0 Å². The van der Waals surface area contributed by atoms with Crippen LogP contribution in [0.1, 0.15) is 143 Å². The van der Waals surface area contributed by atoms with Crippen LogP contribution in [0.5, 0.6) is 0 Å². The van der Waals surface area contributed by atoms with Gasteiger partial charge in [-0.3, -0.25) is 4.57 Å². The van der Waals surface area contributed by atoms with E-state index in [9.17, 15) is 9.46 Å². The van der Waals surface area contributed by atoms with Gasteiger partial charge in [0.25, 0.3) is 0 Å². The molecule has 2 unspecified atom stereocenters. The molecule has 0 aromatic carbocycles. The van der Waals surface area contributed by atoms with Crippen molar-refractivity contribution in [1.82, 2.24) is 0 Å². The van der Waals surface area contributed by atoms with E-state index in [-0.39, 0.29) is 6.10 Å². The Hall–Kier alpha value is 0.150. The normalized spacial score (nSPS) is 14.9. The van der Waals surface area contributed by atoms with Crippen LogP contribution in [0.15, 0.2) is 0 Å². The Balaban J connectivity index is 4.19. The van der Waals surface area contributed by atoms with Crippen molar-refractivity contribution >= 4 is 7.60 Å². The SMILES string of the molecule is CCCCCCCCC(CCCCCCC)OP(=O)(O)CCCCCCCC. The Bertz CT molecular complexity index is 360. The van der Waals surface area contributed by atoms with Gasteiger partial charge in [-0.05, 0) is 19.3 Å². The topological polar surface area (TPSA) is 46.5 Å². The molecule has 0 rings (SSSR count). The molecule has 0 fully saturated rings. The van der Waals surface area contributed by atoms with Crippen molar-refractivity contribution in [3.05, 3.63) is 0 Å². The Morgan fingerprint density at radius 3 is 1.39 bits per heavy atom.